The number of nitrogens with zero attached hydrogens (tertiary/aromatic N) is 1. The van der Waals surface area contributed by atoms with Crippen LogP contribution in [0.15, 0.2) is 64.6 Å². The van der Waals surface area contributed by atoms with E-state index in [-0.39, 0.29) is 23.7 Å². The zero-order chi connectivity index (χ0) is 20.6. The first-order chi connectivity index (χ1) is 13.9. The van der Waals surface area contributed by atoms with E-state index in [0.717, 1.165) is 5.56 Å². The number of methoxy groups -OCH3 is 2. The van der Waals surface area contributed by atoms with Gasteiger partial charge in [0.05, 0.1) is 24.8 Å². The number of carbonyl (C=O) groups is 1. The third-order valence-electron chi connectivity index (χ3n) is 5.68. The summed E-state index contributed by atoms with van der Waals surface area (Å²) in [7, 11) is -1.21. The summed E-state index contributed by atoms with van der Waals surface area (Å²) in [5, 5.41) is 4.18. The van der Waals surface area contributed by atoms with E-state index < -0.39 is 26.7 Å². The molecule has 0 radical (unpaired) electrons. The minimum Gasteiger partial charge on any atom is -0.497 e. The Morgan fingerprint density at radius 3 is 2.38 bits per heavy atom. The molecule has 4 rings (SSSR count). The Morgan fingerprint density at radius 2 is 1.76 bits per heavy atom. The highest BCUT2D eigenvalue weighted by molar-refractivity contribution is 7.93. The number of hydrogen-bond acceptors (Lipinski definition) is 7. The number of fused-ring (bicyclic) bond motifs is 1. The summed E-state index contributed by atoms with van der Waals surface area (Å²) in [4.78, 5) is 18.5. The van der Waals surface area contributed by atoms with E-state index in [4.69, 9.17) is 14.3 Å². The number of sulfone groups is 1. The van der Waals surface area contributed by atoms with Gasteiger partial charge in [-0.15, -0.1) is 0 Å². The Hall–Kier alpha value is -2.87. The van der Waals surface area contributed by atoms with E-state index in [1.165, 1.54) is 19.2 Å². The topological polar surface area (TPSA) is 91.3 Å². The molecule has 1 fully saturated rings. The quantitative estimate of drug-likeness (QED) is 0.697. The van der Waals surface area contributed by atoms with E-state index in [0.29, 0.717) is 11.5 Å². The standard InChI is InChI=1S/C21H21NO6S/c1-26-15-10-8-14(9-11-15)19-17-12-21(20(23)27-2,13-18(17)28-22-19)29(24,25)16-6-4-3-5-7-16/h3-11,17-18H,12-13H2,1-2H3/t17?,18?,21-/m1/s1. The molecule has 8 heteroatoms. The lowest BCUT2D eigenvalue weighted by Crippen LogP contribution is -2.46. The van der Waals surface area contributed by atoms with Gasteiger partial charge in [0.2, 0.25) is 0 Å². The second-order valence-electron chi connectivity index (χ2n) is 7.17. The molecule has 152 valence electrons. The van der Waals surface area contributed by atoms with Crippen LogP contribution < -0.4 is 4.74 Å². The summed E-state index contributed by atoms with van der Waals surface area (Å²) in [6, 6.07) is 15.3. The molecular weight excluding hydrogens is 394 g/mol. The van der Waals surface area contributed by atoms with Crippen LogP contribution in [0.2, 0.25) is 0 Å². The van der Waals surface area contributed by atoms with Crippen molar-refractivity contribution in [3.8, 4) is 5.75 Å². The summed E-state index contributed by atoms with van der Waals surface area (Å²) < 4.78 is 35.4. The molecule has 1 heterocycles. The van der Waals surface area contributed by atoms with Crippen molar-refractivity contribution < 1.29 is 27.5 Å². The normalized spacial score (nSPS) is 25.7. The maximum atomic E-state index is 13.5. The van der Waals surface area contributed by atoms with Crippen LogP contribution >= 0.6 is 0 Å². The van der Waals surface area contributed by atoms with Crippen molar-refractivity contribution in [2.24, 2.45) is 11.1 Å². The summed E-state index contributed by atoms with van der Waals surface area (Å²) in [6.07, 6.45) is -0.471. The molecule has 1 saturated carbocycles. The highest BCUT2D eigenvalue weighted by atomic mass is 32.2. The number of benzene rings is 2. The number of hydrogen-bond donors (Lipinski definition) is 0. The average Bonchev–Trinajstić information content (AvgIpc) is 3.33. The van der Waals surface area contributed by atoms with Gasteiger partial charge in [-0.05, 0) is 48.4 Å². The van der Waals surface area contributed by atoms with Crippen molar-refractivity contribution in [2.75, 3.05) is 14.2 Å². The van der Waals surface area contributed by atoms with E-state index >= 15 is 0 Å². The highest BCUT2D eigenvalue weighted by Crippen LogP contribution is 2.49. The van der Waals surface area contributed by atoms with Gasteiger partial charge in [-0.3, -0.25) is 4.79 Å². The molecule has 2 unspecified atom stereocenters. The zero-order valence-electron chi connectivity index (χ0n) is 16.1. The fourth-order valence-corrected chi connectivity index (χ4v) is 6.20. The van der Waals surface area contributed by atoms with Crippen LogP contribution in [0.25, 0.3) is 0 Å². The largest absolute Gasteiger partial charge is 0.497 e. The van der Waals surface area contributed by atoms with Gasteiger partial charge in [-0.25, -0.2) is 8.42 Å². The maximum Gasteiger partial charge on any atom is 0.327 e. The molecule has 2 aromatic rings. The first kappa shape index (κ1) is 19.4. The summed E-state index contributed by atoms with van der Waals surface area (Å²) in [5.74, 6) is -0.402. The molecule has 1 aliphatic heterocycles. The number of rotatable bonds is 5. The third-order valence-corrected chi connectivity index (χ3v) is 8.10. The molecule has 0 aromatic heterocycles. The van der Waals surface area contributed by atoms with Crippen LogP contribution in [0, 0.1) is 5.92 Å². The van der Waals surface area contributed by atoms with Crippen LogP contribution in [0.5, 0.6) is 5.75 Å². The second-order valence-corrected chi connectivity index (χ2v) is 9.43. The van der Waals surface area contributed by atoms with Gasteiger partial charge in [0.1, 0.15) is 11.9 Å². The first-order valence-electron chi connectivity index (χ1n) is 9.19. The molecular formula is C21H21NO6S. The Morgan fingerprint density at radius 1 is 1.07 bits per heavy atom. The van der Waals surface area contributed by atoms with Crippen molar-refractivity contribution in [3.05, 3.63) is 60.2 Å². The van der Waals surface area contributed by atoms with Crippen molar-refractivity contribution >= 4 is 21.5 Å². The monoisotopic (exact) mass is 415 g/mol. The molecule has 0 bridgehead atoms. The fourth-order valence-electron chi connectivity index (χ4n) is 4.15. The Balaban J connectivity index is 1.72. The predicted molar refractivity (Wildman–Crippen MR) is 106 cm³/mol. The third kappa shape index (κ3) is 2.98. The minimum atomic E-state index is -4.00. The van der Waals surface area contributed by atoms with Crippen molar-refractivity contribution in [1.82, 2.24) is 0 Å². The molecule has 2 aromatic carbocycles. The smallest absolute Gasteiger partial charge is 0.327 e. The molecule has 2 aliphatic rings. The SMILES string of the molecule is COC(=O)[C@]1(S(=O)(=O)c2ccccc2)CC2ON=C(c3ccc(OC)cc3)C2C1. The van der Waals surface area contributed by atoms with Crippen molar-refractivity contribution in [2.45, 2.75) is 28.6 Å². The second kappa shape index (κ2) is 7.18. The van der Waals surface area contributed by atoms with Gasteiger partial charge in [-0.2, -0.15) is 0 Å². The van der Waals surface area contributed by atoms with E-state index in [1.54, 1.807) is 37.4 Å². The summed E-state index contributed by atoms with van der Waals surface area (Å²) in [5.41, 5.74) is 1.43. The summed E-state index contributed by atoms with van der Waals surface area (Å²) >= 11 is 0. The number of esters is 1. The van der Waals surface area contributed by atoms with E-state index in [2.05, 4.69) is 5.16 Å². The highest BCUT2D eigenvalue weighted by Gasteiger charge is 2.63. The van der Waals surface area contributed by atoms with Gasteiger partial charge in [-0.1, -0.05) is 23.4 Å². The lowest BCUT2D eigenvalue weighted by atomic mass is 9.93. The molecule has 1 aliphatic carbocycles. The Bertz CT molecular complexity index is 1050. The average molecular weight is 415 g/mol. The first-order valence-corrected chi connectivity index (χ1v) is 10.7. The van der Waals surface area contributed by atoms with Gasteiger partial charge in [0, 0.05) is 12.3 Å². The van der Waals surface area contributed by atoms with Crippen LogP contribution in [0.3, 0.4) is 0 Å². The molecule has 29 heavy (non-hydrogen) atoms. The van der Waals surface area contributed by atoms with E-state index in [1.807, 2.05) is 12.1 Å². The maximum absolute atomic E-state index is 13.5. The van der Waals surface area contributed by atoms with Gasteiger partial charge in [0.15, 0.2) is 14.6 Å². The summed E-state index contributed by atoms with van der Waals surface area (Å²) in [6.45, 7) is 0. The van der Waals surface area contributed by atoms with Crippen molar-refractivity contribution in [3.63, 3.8) is 0 Å². The zero-order valence-corrected chi connectivity index (χ0v) is 16.9. The molecule has 7 nitrogen and oxygen atoms in total. The number of ether oxygens (including phenoxy) is 2. The van der Waals surface area contributed by atoms with Crippen molar-refractivity contribution in [1.29, 1.82) is 0 Å². The Labute approximate surface area is 169 Å². The molecule has 0 N–H and O–H groups in total. The number of carbonyl (C=O) groups excluding carboxylic acids is 1. The molecule has 0 amide bonds. The van der Waals surface area contributed by atoms with Gasteiger partial charge < -0.3 is 14.3 Å². The minimum absolute atomic E-state index is 0.00920. The fraction of sp³-hybridized carbons (Fsp3) is 0.333. The van der Waals surface area contributed by atoms with Gasteiger partial charge in [0.25, 0.3) is 0 Å². The molecule has 3 atom stereocenters. The lowest BCUT2D eigenvalue weighted by molar-refractivity contribution is -0.144. The van der Waals surface area contributed by atoms with Crippen LogP contribution in [-0.4, -0.2) is 45.2 Å². The van der Waals surface area contributed by atoms with E-state index in [9.17, 15) is 13.2 Å². The predicted octanol–water partition coefficient (Wildman–Crippen LogP) is 2.59. The van der Waals surface area contributed by atoms with Gasteiger partial charge >= 0.3 is 5.97 Å². The Kier molecular flexibility index (Phi) is 4.82. The molecule has 0 spiro atoms. The number of oxime groups is 1. The van der Waals surface area contributed by atoms with Crippen LogP contribution in [0.1, 0.15) is 18.4 Å². The molecule has 0 saturated heterocycles. The van der Waals surface area contributed by atoms with Crippen LogP contribution in [0.4, 0.5) is 0 Å². The lowest BCUT2D eigenvalue weighted by Gasteiger charge is -2.26. The van der Waals surface area contributed by atoms with Crippen LogP contribution in [-0.2, 0) is 24.2 Å².